The van der Waals surface area contributed by atoms with Crippen molar-refractivity contribution >= 4 is 96.5 Å². The number of carbonyl (C=O) groups is 1. The second-order valence-electron chi connectivity index (χ2n) is 17.7. The van der Waals surface area contributed by atoms with Gasteiger partial charge in [0.05, 0.1) is 27.4 Å². The van der Waals surface area contributed by atoms with Crippen molar-refractivity contribution in [1.29, 1.82) is 0 Å². The van der Waals surface area contributed by atoms with Crippen molar-refractivity contribution in [3.8, 4) is 0 Å². The molecule has 4 aromatic rings. The van der Waals surface area contributed by atoms with Gasteiger partial charge in [-0.25, -0.2) is 0 Å². The van der Waals surface area contributed by atoms with E-state index in [2.05, 4.69) is 42.2 Å². The molecular weight excluding hydrogens is 932 g/mol. The Bertz CT molecular complexity index is 3070. The van der Waals surface area contributed by atoms with Crippen LogP contribution in [0, 0.1) is 0 Å². The van der Waals surface area contributed by atoms with Crippen molar-refractivity contribution in [3.63, 3.8) is 0 Å². The largest absolute Gasteiger partial charge is 0.481 e. The van der Waals surface area contributed by atoms with Crippen molar-refractivity contribution in [3.05, 3.63) is 112 Å². The molecule has 0 radical (unpaired) electrons. The quantitative estimate of drug-likeness (QED) is 0.0417. The molecule has 0 saturated carbocycles. The first-order valence-electron chi connectivity index (χ1n) is 21.6. The second-order valence-corrected chi connectivity index (χ2v) is 23.7. The summed E-state index contributed by atoms with van der Waals surface area (Å²) in [6.07, 6.45) is 13.3. The van der Waals surface area contributed by atoms with Gasteiger partial charge in [-0.15, -0.1) is 0 Å². The summed E-state index contributed by atoms with van der Waals surface area (Å²) in [6.45, 7) is 6.75. The summed E-state index contributed by atoms with van der Waals surface area (Å²) < 4.78 is 104. The van der Waals surface area contributed by atoms with Crippen molar-refractivity contribution < 1.29 is 53.4 Å². The summed E-state index contributed by atoms with van der Waals surface area (Å²) in [6, 6.07) is 16.7. The van der Waals surface area contributed by atoms with Crippen LogP contribution in [0.1, 0.15) is 96.1 Å². The van der Waals surface area contributed by atoms with Gasteiger partial charge in [0, 0.05) is 57.4 Å². The summed E-state index contributed by atoms with van der Waals surface area (Å²) in [5.74, 6) is -1.68. The van der Waals surface area contributed by atoms with E-state index in [1.807, 2.05) is 48.8 Å². The van der Waals surface area contributed by atoms with Crippen molar-refractivity contribution in [2.75, 3.05) is 29.5 Å². The van der Waals surface area contributed by atoms with Crippen LogP contribution in [0.2, 0.25) is 0 Å². The van der Waals surface area contributed by atoms with Crippen LogP contribution in [-0.4, -0.2) is 84.9 Å². The molecule has 65 heavy (non-hydrogen) atoms. The number of thiophene rings is 1. The number of halogens is 1. The predicted molar refractivity (Wildman–Crippen MR) is 258 cm³/mol. The molecule has 0 bridgehead atoms. The van der Waals surface area contributed by atoms with Gasteiger partial charge in [0.15, 0.2) is 12.3 Å². The molecule has 3 aliphatic rings. The molecule has 1 unspecified atom stereocenters. The Labute approximate surface area is 389 Å². The lowest BCUT2D eigenvalue weighted by Gasteiger charge is -2.31. The average Bonchev–Trinajstić information content (AvgIpc) is 3.78. The van der Waals surface area contributed by atoms with Crippen molar-refractivity contribution in [2.24, 2.45) is 0 Å². The van der Waals surface area contributed by atoms with Gasteiger partial charge in [-0.2, -0.15) is 29.8 Å². The van der Waals surface area contributed by atoms with Crippen molar-refractivity contribution in [1.82, 2.24) is 0 Å². The zero-order valence-corrected chi connectivity index (χ0v) is 40.5. The molecule has 0 saturated heterocycles. The molecule has 0 spiro atoms. The van der Waals surface area contributed by atoms with Crippen LogP contribution < -0.4 is 4.90 Å². The van der Waals surface area contributed by atoms with E-state index in [4.69, 9.17) is 11.6 Å². The summed E-state index contributed by atoms with van der Waals surface area (Å²) in [5.41, 5.74) is 5.16. The number of fused-ring (bicyclic) bond motifs is 6. The van der Waals surface area contributed by atoms with E-state index >= 15 is 0 Å². The third-order valence-corrected chi connectivity index (χ3v) is 17.0. The Morgan fingerprint density at radius 3 is 2.26 bits per heavy atom. The molecule has 1 aliphatic carbocycles. The van der Waals surface area contributed by atoms with Crippen LogP contribution in [0.15, 0.2) is 106 Å². The summed E-state index contributed by atoms with van der Waals surface area (Å²) in [7, 11) is -12.9. The Morgan fingerprint density at radius 2 is 1.55 bits per heavy atom. The normalized spacial score (nSPS) is 20.3. The number of carboxylic acid groups (broad SMARTS) is 1. The minimum absolute atomic E-state index is 0.0842. The van der Waals surface area contributed by atoms with E-state index in [-0.39, 0.29) is 30.7 Å². The van der Waals surface area contributed by atoms with E-state index in [0.29, 0.717) is 49.1 Å². The fourth-order valence-corrected chi connectivity index (χ4v) is 13.0. The molecule has 7 rings (SSSR count). The van der Waals surface area contributed by atoms with E-state index in [1.165, 1.54) is 23.5 Å². The molecule has 18 heteroatoms. The summed E-state index contributed by atoms with van der Waals surface area (Å²) in [4.78, 5) is 13.2. The first-order chi connectivity index (χ1) is 30.5. The molecule has 1 aromatic heterocycles. The zero-order chi connectivity index (χ0) is 47.1. The highest BCUT2D eigenvalue weighted by molar-refractivity contribution is 7.86. The number of benzene rings is 3. The number of carboxylic acids is 1. The molecular formula is C47H54ClN2O11S4+. The Kier molecular flexibility index (Phi) is 14.1. The minimum Gasteiger partial charge on any atom is -0.481 e. The maximum Gasteiger partial charge on any atom is 0.303 e. The van der Waals surface area contributed by atoms with Crippen LogP contribution in [0.5, 0.6) is 0 Å². The zero-order valence-electron chi connectivity index (χ0n) is 36.5. The molecule has 13 nitrogen and oxygen atoms in total. The van der Waals surface area contributed by atoms with Crippen LogP contribution in [0.25, 0.3) is 20.9 Å². The number of rotatable bonds is 18. The SMILES string of the molecule is CC1(C)C(/C=C/C2=C(Cl)C(=C/C=C3/N(CCCS(=O)(=O)O)c4ccc5ccccc5c4C3(C)CCCCCC(=O)O)/CCC2)=[N+](CCCS(=O)(=O)O)c2sc3ccc(S(=O)(=O)O)cc3c21. The maximum atomic E-state index is 12.2. The molecule has 4 N–H and O–H groups in total. The van der Waals surface area contributed by atoms with Gasteiger partial charge in [0.2, 0.25) is 0 Å². The van der Waals surface area contributed by atoms with Crippen LogP contribution in [0.3, 0.4) is 0 Å². The number of allylic oxidation sites excluding steroid dienone is 8. The number of hydrogen-bond acceptors (Lipinski definition) is 9. The van der Waals surface area contributed by atoms with Gasteiger partial charge >= 0.3 is 5.97 Å². The minimum atomic E-state index is -4.49. The molecule has 348 valence electrons. The monoisotopic (exact) mass is 985 g/mol. The van der Waals surface area contributed by atoms with Gasteiger partial charge in [0.1, 0.15) is 0 Å². The van der Waals surface area contributed by atoms with E-state index in [9.17, 15) is 48.8 Å². The van der Waals surface area contributed by atoms with Crippen LogP contribution in [0.4, 0.5) is 10.7 Å². The molecule has 3 aromatic carbocycles. The lowest BCUT2D eigenvalue weighted by molar-refractivity contribution is -0.433. The van der Waals surface area contributed by atoms with Gasteiger partial charge < -0.3 is 10.0 Å². The number of nitrogens with zero attached hydrogens (tertiary/aromatic N) is 2. The maximum absolute atomic E-state index is 12.2. The second kappa shape index (κ2) is 18.8. The highest BCUT2D eigenvalue weighted by Gasteiger charge is 2.48. The van der Waals surface area contributed by atoms with Crippen LogP contribution in [-0.2, 0) is 46.0 Å². The van der Waals surface area contributed by atoms with E-state index in [1.54, 1.807) is 6.07 Å². The van der Waals surface area contributed by atoms with E-state index in [0.717, 1.165) is 72.7 Å². The molecule has 0 amide bonds. The smallest absolute Gasteiger partial charge is 0.303 e. The number of anilines is 1. The number of hydrogen-bond donors (Lipinski definition) is 4. The van der Waals surface area contributed by atoms with Gasteiger partial charge in [-0.05, 0) is 117 Å². The van der Waals surface area contributed by atoms with Gasteiger partial charge in [-0.1, -0.05) is 78.3 Å². The molecule has 3 heterocycles. The number of unbranched alkanes of at least 4 members (excludes halogenated alkanes) is 2. The number of aliphatic carboxylic acids is 1. The third kappa shape index (κ3) is 10.5. The average molecular weight is 987 g/mol. The third-order valence-electron chi connectivity index (χ3n) is 12.8. The molecule has 1 atom stereocenters. The first kappa shape index (κ1) is 48.7. The standard InChI is InChI=1S/C47H53ClN2O11S4/c1-46(2)39(50(27-11-29-64(56,57)58)45-43(46)36-30-34(65(59,60)61)20-22-38(36)62-45)23-18-32-13-9-14-33(44(32)48)19-24-40-47(3,25-8-4-5-16-41(51)52)42-35-15-7-6-12-31(35)17-21-37(42)49(40)26-10-28-63(53,54)55/h6-7,12,15,17-24,30H,4-5,8-11,13-14,16,25-29H2,1-3H3,(H3-,51,52,53,54,55,56,57,58,59,60,61)/p+1. The lowest BCUT2D eigenvalue weighted by Crippen LogP contribution is -2.30. The van der Waals surface area contributed by atoms with E-state index < -0.39 is 58.7 Å². The van der Waals surface area contributed by atoms with Crippen LogP contribution >= 0.6 is 22.9 Å². The Morgan fingerprint density at radius 1 is 0.831 bits per heavy atom. The molecule has 2 aliphatic heterocycles. The summed E-state index contributed by atoms with van der Waals surface area (Å²) in [5, 5.41) is 13.5. The van der Waals surface area contributed by atoms with Gasteiger partial charge in [-0.3, -0.25) is 18.5 Å². The summed E-state index contributed by atoms with van der Waals surface area (Å²) >= 11 is 8.73. The molecule has 0 fully saturated rings. The fourth-order valence-electron chi connectivity index (χ4n) is 9.81. The lowest BCUT2D eigenvalue weighted by atomic mass is 9.75. The first-order valence-corrected chi connectivity index (χ1v) is 27.4. The van der Waals surface area contributed by atoms with Crippen molar-refractivity contribution in [2.45, 2.75) is 101 Å². The highest BCUT2D eigenvalue weighted by Crippen LogP contribution is 2.54. The Balaban J connectivity index is 1.29. The Hall–Kier alpha value is -4.20. The highest BCUT2D eigenvalue weighted by atomic mass is 35.5. The predicted octanol–water partition coefficient (Wildman–Crippen LogP) is 10.1. The van der Waals surface area contributed by atoms with Gasteiger partial charge in [0.25, 0.3) is 35.4 Å². The topological polar surface area (TPSA) is 207 Å². The fraction of sp³-hybridized carbons (Fsp3) is 0.404.